The van der Waals surface area contributed by atoms with Crippen LogP contribution in [-0.4, -0.2) is 73.4 Å². The van der Waals surface area contributed by atoms with Crippen molar-refractivity contribution in [1.82, 2.24) is 5.32 Å². The molecule has 3 N–H and O–H groups in total. The van der Waals surface area contributed by atoms with Crippen LogP contribution < -0.4 is 5.32 Å². The van der Waals surface area contributed by atoms with Crippen molar-refractivity contribution >= 4 is 13.7 Å². The van der Waals surface area contributed by atoms with Crippen molar-refractivity contribution in [3.05, 3.63) is 0 Å². The SMILES string of the molecule is CCCCCCCCCCCCCCCCCCCCCCCCCC(O)C(COP(=O)(O)OCC[N+](C)(C)C)NC(=O)CCCCCCCCCCCCCCCCCCCCCCCC. The normalized spacial score (nSPS) is 13.8. The molecular formula is C58H120N2O6P+. The minimum atomic E-state index is -4.32. The Morgan fingerprint density at radius 1 is 0.448 bits per heavy atom. The van der Waals surface area contributed by atoms with E-state index in [0.717, 1.165) is 38.5 Å². The first-order valence-electron chi connectivity index (χ1n) is 29.9. The summed E-state index contributed by atoms with van der Waals surface area (Å²) in [5.74, 6) is -0.135. The summed E-state index contributed by atoms with van der Waals surface area (Å²) in [6.07, 6.45) is 60.2. The highest BCUT2D eigenvalue weighted by molar-refractivity contribution is 7.47. The molecule has 0 aliphatic heterocycles. The van der Waals surface area contributed by atoms with Crippen molar-refractivity contribution in [1.29, 1.82) is 0 Å². The zero-order chi connectivity index (χ0) is 49.2. The topological polar surface area (TPSA) is 105 Å². The molecule has 3 unspecified atom stereocenters. The number of phosphoric ester groups is 1. The molecule has 0 aliphatic rings. The number of nitrogens with zero attached hydrogens (tertiary/aromatic N) is 1. The lowest BCUT2D eigenvalue weighted by atomic mass is 10.0. The third kappa shape index (κ3) is 53.1. The van der Waals surface area contributed by atoms with Gasteiger partial charge in [0.25, 0.3) is 0 Å². The summed E-state index contributed by atoms with van der Waals surface area (Å²) in [5, 5.41) is 14.1. The second-order valence-corrected chi connectivity index (χ2v) is 23.5. The molecule has 0 aromatic carbocycles. The molecular weight excluding hydrogens is 852 g/mol. The zero-order valence-electron chi connectivity index (χ0n) is 45.9. The van der Waals surface area contributed by atoms with Crippen molar-refractivity contribution in [2.24, 2.45) is 0 Å². The average Bonchev–Trinajstić information content (AvgIpc) is 3.29. The van der Waals surface area contributed by atoms with Crippen LogP contribution in [0.1, 0.15) is 316 Å². The maximum absolute atomic E-state index is 13.0. The molecule has 0 saturated heterocycles. The van der Waals surface area contributed by atoms with Gasteiger partial charge < -0.3 is 19.8 Å². The van der Waals surface area contributed by atoms with Gasteiger partial charge in [-0.25, -0.2) is 4.57 Å². The van der Waals surface area contributed by atoms with Gasteiger partial charge in [0.2, 0.25) is 5.91 Å². The van der Waals surface area contributed by atoms with Gasteiger partial charge in [-0.15, -0.1) is 0 Å². The highest BCUT2D eigenvalue weighted by Crippen LogP contribution is 2.43. The Kier molecular flexibility index (Phi) is 50.1. The van der Waals surface area contributed by atoms with Gasteiger partial charge in [-0.2, -0.15) is 0 Å². The first-order valence-corrected chi connectivity index (χ1v) is 31.4. The van der Waals surface area contributed by atoms with Crippen LogP contribution >= 0.6 is 7.82 Å². The van der Waals surface area contributed by atoms with E-state index in [1.807, 2.05) is 21.1 Å². The lowest BCUT2D eigenvalue weighted by Gasteiger charge is -2.26. The average molecular weight is 973 g/mol. The summed E-state index contributed by atoms with van der Waals surface area (Å²) in [7, 11) is 1.64. The zero-order valence-corrected chi connectivity index (χ0v) is 46.8. The fourth-order valence-corrected chi connectivity index (χ4v) is 10.1. The molecule has 402 valence electrons. The number of aliphatic hydroxyl groups excluding tert-OH is 1. The number of carbonyl (C=O) groups is 1. The van der Waals surface area contributed by atoms with Gasteiger partial charge in [0.05, 0.1) is 39.9 Å². The molecule has 0 radical (unpaired) electrons. The first kappa shape index (κ1) is 66.5. The highest BCUT2D eigenvalue weighted by Gasteiger charge is 2.28. The van der Waals surface area contributed by atoms with E-state index in [1.54, 1.807) is 0 Å². The maximum atomic E-state index is 13.0. The summed E-state index contributed by atoms with van der Waals surface area (Å²) in [6.45, 7) is 4.95. The number of phosphoric acid groups is 1. The number of nitrogens with one attached hydrogen (secondary N) is 1. The molecule has 8 nitrogen and oxygen atoms in total. The number of likely N-dealkylation sites (N-methyl/N-ethyl adjacent to an activating group) is 1. The van der Waals surface area contributed by atoms with E-state index in [9.17, 15) is 19.4 Å². The van der Waals surface area contributed by atoms with Crippen LogP contribution in [0.3, 0.4) is 0 Å². The van der Waals surface area contributed by atoms with E-state index in [2.05, 4.69) is 19.2 Å². The van der Waals surface area contributed by atoms with Crippen molar-refractivity contribution in [2.45, 2.75) is 328 Å². The van der Waals surface area contributed by atoms with E-state index in [4.69, 9.17) is 9.05 Å². The molecule has 0 rings (SSSR count). The predicted molar refractivity (Wildman–Crippen MR) is 291 cm³/mol. The molecule has 3 atom stereocenters. The molecule has 0 bridgehead atoms. The molecule has 0 heterocycles. The minimum absolute atomic E-state index is 0.0792. The van der Waals surface area contributed by atoms with Crippen LogP contribution in [0.15, 0.2) is 0 Å². The number of rotatable bonds is 56. The van der Waals surface area contributed by atoms with Gasteiger partial charge >= 0.3 is 7.82 Å². The van der Waals surface area contributed by atoms with Crippen LogP contribution in [0, 0.1) is 0 Å². The van der Waals surface area contributed by atoms with Gasteiger partial charge in [0.1, 0.15) is 13.2 Å². The van der Waals surface area contributed by atoms with Crippen LogP contribution in [-0.2, 0) is 18.4 Å². The molecule has 9 heteroatoms. The van der Waals surface area contributed by atoms with Crippen LogP contribution in [0.4, 0.5) is 0 Å². The van der Waals surface area contributed by atoms with Gasteiger partial charge in [0.15, 0.2) is 0 Å². The Hall–Kier alpha value is -0.500. The van der Waals surface area contributed by atoms with Crippen LogP contribution in [0.5, 0.6) is 0 Å². The van der Waals surface area contributed by atoms with E-state index < -0.39 is 20.0 Å². The van der Waals surface area contributed by atoms with Crippen molar-refractivity contribution in [3.8, 4) is 0 Å². The van der Waals surface area contributed by atoms with E-state index in [1.165, 1.54) is 250 Å². The number of hydrogen-bond acceptors (Lipinski definition) is 5. The van der Waals surface area contributed by atoms with E-state index >= 15 is 0 Å². The Morgan fingerprint density at radius 3 is 1.00 bits per heavy atom. The standard InChI is InChI=1S/C58H119N2O6P/c1-6-8-10-12-14-16-18-20-22-24-26-28-30-31-33-35-37-39-41-43-45-47-49-51-57(61)56(55-66-67(63,64)65-54-53-60(3,4)5)59-58(62)52-50-48-46-44-42-40-38-36-34-32-29-27-25-23-21-19-17-15-13-11-9-7-2/h56-57,61H,6-55H2,1-5H3,(H-,59,62,63,64)/p+1. The number of quaternary nitrogens is 1. The molecule has 0 spiro atoms. The number of amides is 1. The summed E-state index contributed by atoms with van der Waals surface area (Å²) in [4.78, 5) is 23.4. The maximum Gasteiger partial charge on any atom is 0.472 e. The van der Waals surface area contributed by atoms with Gasteiger partial charge in [-0.05, 0) is 12.8 Å². The fraction of sp³-hybridized carbons (Fsp3) is 0.983. The van der Waals surface area contributed by atoms with E-state index in [0.29, 0.717) is 23.9 Å². The second kappa shape index (κ2) is 50.4. The predicted octanol–water partition coefficient (Wildman–Crippen LogP) is 18.0. The fourth-order valence-electron chi connectivity index (χ4n) is 9.40. The van der Waals surface area contributed by atoms with Gasteiger partial charge in [0, 0.05) is 6.42 Å². The van der Waals surface area contributed by atoms with Crippen molar-refractivity contribution in [2.75, 3.05) is 40.9 Å². The monoisotopic (exact) mass is 972 g/mol. The van der Waals surface area contributed by atoms with Crippen LogP contribution in [0.25, 0.3) is 0 Å². The number of hydrogen-bond donors (Lipinski definition) is 3. The molecule has 0 saturated carbocycles. The Balaban J connectivity index is 4.11. The molecule has 1 amide bonds. The van der Waals surface area contributed by atoms with Crippen molar-refractivity contribution in [3.63, 3.8) is 0 Å². The molecule has 0 aromatic heterocycles. The van der Waals surface area contributed by atoms with Crippen molar-refractivity contribution < 1.29 is 32.9 Å². The van der Waals surface area contributed by atoms with Gasteiger partial charge in [-0.1, -0.05) is 296 Å². The third-order valence-corrected chi connectivity index (χ3v) is 15.1. The molecule has 0 fully saturated rings. The van der Waals surface area contributed by atoms with Gasteiger partial charge in [-0.3, -0.25) is 13.8 Å². The number of aliphatic hydroxyl groups is 1. The molecule has 0 aliphatic carbocycles. The summed E-state index contributed by atoms with van der Waals surface area (Å²) < 4.78 is 23.8. The lowest BCUT2D eigenvalue weighted by Crippen LogP contribution is -2.46. The van der Waals surface area contributed by atoms with Crippen LogP contribution in [0.2, 0.25) is 0 Å². The quantitative estimate of drug-likeness (QED) is 0.0319. The largest absolute Gasteiger partial charge is 0.472 e. The van der Waals surface area contributed by atoms with E-state index in [-0.39, 0.29) is 19.1 Å². The third-order valence-electron chi connectivity index (χ3n) is 14.1. The minimum Gasteiger partial charge on any atom is -0.391 e. The Labute approximate surface area is 419 Å². The number of carbonyl (C=O) groups excluding carboxylic acids is 1. The molecule has 0 aromatic rings. The Bertz CT molecular complexity index is 1060. The second-order valence-electron chi connectivity index (χ2n) is 22.1. The first-order chi connectivity index (χ1) is 32.5. The smallest absolute Gasteiger partial charge is 0.391 e. The molecule has 67 heavy (non-hydrogen) atoms. The Morgan fingerprint density at radius 2 is 0.716 bits per heavy atom. The summed E-state index contributed by atoms with van der Waals surface area (Å²) >= 11 is 0. The lowest BCUT2D eigenvalue weighted by molar-refractivity contribution is -0.870. The summed E-state index contributed by atoms with van der Waals surface area (Å²) in [5.41, 5.74) is 0. The summed E-state index contributed by atoms with van der Waals surface area (Å²) in [6, 6.07) is -0.755. The number of unbranched alkanes of at least 4 members (excludes halogenated alkanes) is 43. The highest BCUT2D eigenvalue weighted by atomic mass is 31.2.